The first-order valence-electron chi connectivity index (χ1n) is 8.92. The van der Waals surface area contributed by atoms with Crippen molar-refractivity contribution in [1.82, 2.24) is 15.6 Å². The molecule has 1 aliphatic heterocycles. The summed E-state index contributed by atoms with van der Waals surface area (Å²) in [6, 6.07) is 5.88. The molecule has 1 saturated heterocycles. The third-order valence-electron chi connectivity index (χ3n) is 5.58. The Bertz CT molecular complexity index is 888. The van der Waals surface area contributed by atoms with E-state index in [4.69, 9.17) is 0 Å². The highest BCUT2D eigenvalue weighted by Crippen LogP contribution is 2.48. The minimum atomic E-state index is -0.380. The van der Waals surface area contributed by atoms with Gasteiger partial charge in [0.15, 0.2) is 5.78 Å². The van der Waals surface area contributed by atoms with Crippen molar-refractivity contribution in [1.29, 1.82) is 0 Å². The van der Waals surface area contributed by atoms with Crippen LogP contribution in [0.4, 0.5) is 0 Å². The molecule has 1 fully saturated rings. The first-order chi connectivity index (χ1) is 11.7. The van der Waals surface area contributed by atoms with E-state index in [1.165, 1.54) is 0 Å². The van der Waals surface area contributed by atoms with Crippen LogP contribution in [-0.4, -0.2) is 35.8 Å². The third kappa shape index (κ3) is 2.49. The Morgan fingerprint density at radius 1 is 1.16 bits per heavy atom. The fourth-order valence-electron chi connectivity index (χ4n) is 4.48. The highest BCUT2D eigenvalue weighted by Gasteiger charge is 2.45. The molecule has 1 aliphatic carbocycles. The van der Waals surface area contributed by atoms with Gasteiger partial charge in [0, 0.05) is 35.0 Å². The van der Waals surface area contributed by atoms with Gasteiger partial charge in [-0.3, -0.25) is 9.59 Å². The van der Waals surface area contributed by atoms with Crippen LogP contribution in [0.1, 0.15) is 60.5 Å². The molecule has 5 nitrogen and oxygen atoms in total. The number of ketones is 1. The zero-order valence-electron chi connectivity index (χ0n) is 15.2. The molecule has 3 N–H and O–H groups in total. The maximum absolute atomic E-state index is 12.9. The van der Waals surface area contributed by atoms with Crippen molar-refractivity contribution in [2.75, 3.05) is 13.1 Å². The van der Waals surface area contributed by atoms with Gasteiger partial charge in [-0.15, -0.1) is 0 Å². The summed E-state index contributed by atoms with van der Waals surface area (Å²) in [6.07, 6.45) is 0.795. The van der Waals surface area contributed by atoms with Crippen LogP contribution in [0.5, 0.6) is 0 Å². The minimum absolute atomic E-state index is 0.0522. The summed E-state index contributed by atoms with van der Waals surface area (Å²) in [5, 5.41) is 7.17. The average molecular weight is 339 g/mol. The van der Waals surface area contributed by atoms with Gasteiger partial charge in [0.2, 0.25) is 0 Å². The van der Waals surface area contributed by atoms with Crippen LogP contribution in [0.15, 0.2) is 18.2 Å². The van der Waals surface area contributed by atoms with E-state index in [2.05, 4.69) is 29.5 Å². The van der Waals surface area contributed by atoms with Gasteiger partial charge in [0.1, 0.15) is 0 Å². The van der Waals surface area contributed by atoms with Crippen LogP contribution in [0.3, 0.4) is 0 Å². The molecule has 0 spiro atoms. The number of H-pyrrole nitrogens is 1. The fraction of sp³-hybridized carbons (Fsp3) is 0.500. The summed E-state index contributed by atoms with van der Waals surface area (Å²) < 4.78 is 0. The van der Waals surface area contributed by atoms with Crippen LogP contribution in [0.25, 0.3) is 10.9 Å². The van der Waals surface area contributed by atoms with Gasteiger partial charge in [-0.2, -0.15) is 0 Å². The third-order valence-corrected chi connectivity index (χ3v) is 5.58. The van der Waals surface area contributed by atoms with E-state index in [0.29, 0.717) is 11.3 Å². The number of hydrogen-bond acceptors (Lipinski definition) is 3. The summed E-state index contributed by atoms with van der Waals surface area (Å²) in [4.78, 5) is 28.7. The predicted octanol–water partition coefficient (Wildman–Crippen LogP) is 2.76. The summed E-state index contributed by atoms with van der Waals surface area (Å²) in [5.41, 5.74) is 2.82. The summed E-state index contributed by atoms with van der Waals surface area (Å²) in [6.45, 7) is 10.0. The van der Waals surface area contributed by atoms with Crippen molar-refractivity contribution in [3.63, 3.8) is 0 Å². The Kier molecular flexibility index (Phi) is 3.38. The van der Waals surface area contributed by atoms with Crippen molar-refractivity contribution >= 4 is 22.6 Å². The quantitative estimate of drug-likeness (QED) is 0.788. The average Bonchev–Trinajstić information content (AvgIpc) is 2.87. The number of Topliss-reactive ketones (excluding diaryl/α,β-unsaturated/α-hetero) is 1. The first kappa shape index (κ1) is 16.3. The van der Waals surface area contributed by atoms with Gasteiger partial charge in [-0.05, 0) is 35.6 Å². The van der Waals surface area contributed by atoms with E-state index in [1.54, 1.807) is 0 Å². The lowest BCUT2D eigenvalue weighted by Crippen LogP contribution is -2.56. The number of aromatic nitrogens is 1. The zero-order valence-corrected chi connectivity index (χ0v) is 15.2. The molecule has 2 aromatic rings. The van der Waals surface area contributed by atoms with Crippen LogP contribution in [-0.2, 0) is 5.41 Å². The number of rotatable bonds is 2. The summed E-state index contributed by atoms with van der Waals surface area (Å²) in [7, 11) is 0. The molecule has 4 rings (SSSR count). The Hall–Kier alpha value is -2.14. The topological polar surface area (TPSA) is 74.0 Å². The molecule has 1 aromatic carbocycles. The predicted molar refractivity (Wildman–Crippen MR) is 98.2 cm³/mol. The van der Waals surface area contributed by atoms with Gasteiger partial charge in [0.05, 0.1) is 11.7 Å². The lowest BCUT2D eigenvalue weighted by atomic mass is 9.63. The van der Waals surface area contributed by atoms with E-state index >= 15 is 0 Å². The molecule has 25 heavy (non-hydrogen) atoms. The fourth-order valence-corrected chi connectivity index (χ4v) is 4.48. The first-order valence-corrected chi connectivity index (χ1v) is 8.92. The Labute approximate surface area is 147 Å². The van der Waals surface area contributed by atoms with Gasteiger partial charge < -0.3 is 15.6 Å². The van der Waals surface area contributed by atoms with Crippen molar-refractivity contribution in [2.45, 2.75) is 45.6 Å². The smallest absolute Gasteiger partial charge is 0.251 e. The van der Waals surface area contributed by atoms with E-state index in [9.17, 15) is 9.59 Å². The molecule has 2 heterocycles. The molecular weight excluding hydrogens is 314 g/mol. The Morgan fingerprint density at radius 2 is 1.88 bits per heavy atom. The number of hydrogen-bond donors (Lipinski definition) is 3. The molecular formula is C20H25N3O2. The van der Waals surface area contributed by atoms with Crippen LogP contribution < -0.4 is 10.6 Å². The van der Waals surface area contributed by atoms with E-state index < -0.39 is 0 Å². The van der Waals surface area contributed by atoms with E-state index in [1.807, 2.05) is 32.0 Å². The summed E-state index contributed by atoms with van der Waals surface area (Å²) in [5.74, 6) is 0.105. The van der Waals surface area contributed by atoms with Crippen molar-refractivity contribution in [3.8, 4) is 0 Å². The number of fused-ring (bicyclic) bond motifs is 3. The second-order valence-electron chi connectivity index (χ2n) is 8.74. The van der Waals surface area contributed by atoms with Crippen molar-refractivity contribution in [2.24, 2.45) is 5.41 Å². The van der Waals surface area contributed by atoms with E-state index in [0.717, 1.165) is 36.0 Å². The molecule has 2 aliphatic rings. The Morgan fingerprint density at radius 3 is 2.52 bits per heavy atom. The van der Waals surface area contributed by atoms with Gasteiger partial charge in [-0.1, -0.05) is 27.7 Å². The van der Waals surface area contributed by atoms with Crippen molar-refractivity contribution in [3.05, 3.63) is 35.0 Å². The number of carbonyl (C=O) groups is 2. The zero-order chi connectivity index (χ0) is 18.0. The molecule has 5 heteroatoms. The maximum atomic E-state index is 12.9. The number of amides is 1. The maximum Gasteiger partial charge on any atom is 0.251 e. The van der Waals surface area contributed by atoms with Crippen LogP contribution in [0, 0.1) is 5.41 Å². The lowest BCUT2D eigenvalue weighted by Gasteiger charge is -2.39. The number of aromatic amines is 1. The molecule has 0 bridgehead atoms. The minimum Gasteiger partial charge on any atom is -0.352 e. The molecule has 0 saturated carbocycles. The molecule has 132 valence electrons. The van der Waals surface area contributed by atoms with Crippen molar-refractivity contribution < 1.29 is 9.59 Å². The Balaban J connectivity index is 1.81. The number of benzene rings is 1. The molecule has 0 atom stereocenters. The largest absolute Gasteiger partial charge is 0.352 e. The van der Waals surface area contributed by atoms with Crippen LogP contribution in [0.2, 0.25) is 0 Å². The number of nitrogens with one attached hydrogen (secondary N) is 3. The molecule has 1 aromatic heterocycles. The molecule has 0 unspecified atom stereocenters. The second-order valence-corrected chi connectivity index (χ2v) is 8.74. The van der Waals surface area contributed by atoms with Gasteiger partial charge >= 0.3 is 0 Å². The molecule has 1 amide bonds. The van der Waals surface area contributed by atoms with Crippen LogP contribution >= 0.6 is 0 Å². The SMILES string of the molecule is CC1(C)CC(C)(C)c2c([nH]c3ccc(C(=O)NC4CNC4)cc23)C1=O. The second kappa shape index (κ2) is 5.18. The van der Waals surface area contributed by atoms with E-state index in [-0.39, 0.29) is 28.6 Å². The lowest BCUT2D eigenvalue weighted by molar-refractivity contribution is 0.0759. The molecule has 0 radical (unpaired) electrons. The monoisotopic (exact) mass is 339 g/mol. The van der Waals surface area contributed by atoms with Gasteiger partial charge in [-0.25, -0.2) is 0 Å². The highest BCUT2D eigenvalue weighted by atomic mass is 16.1. The van der Waals surface area contributed by atoms with Gasteiger partial charge in [0.25, 0.3) is 5.91 Å². The highest BCUT2D eigenvalue weighted by molar-refractivity contribution is 6.08. The number of carbonyl (C=O) groups excluding carboxylic acids is 2. The normalized spacial score (nSPS) is 21.7. The summed E-state index contributed by atoms with van der Waals surface area (Å²) >= 11 is 0. The standard InChI is InChI=1S/C20H25N3O2/c1-19(2)10-20(3,4)17(24)16-15(19)13-7-11(5-6-14(13)23-16)18(25)22-12-8-21-9-12/h5-7,12,21,23H,8-10H2,1-4H3,(H,22,25).